The number of amides is 1. The molecule has 0 radical (unpaired) electrons. The molecule has 0 saturated carbocycles. The van der Waals surface area contributed by atoms with E-state index >= 15 is 0 Å². The van der Waals surface area contributed by atoms with Crippen LogP contribution in [0.25, 0.3) is 0 Å². The lowest BCUT2D eigenvalue weighted by Gasteiger charge is -2.23. The zero-order chi connectivity index (χ0) is 45.6. The van der Waals surface area contributed by atoms with Crippen molar-refractivity contribution in [2.75, 3.05) is 59.4 Å². The number of aliphatic carboxylic acids is 1. The van der Waals surface area contributed by atoms with E-state index in [-0.39, 0.29) is 95.5 Å². The number of hydrogen-bond acceptors (Lipinski definition) is 12. The Morgan fingerprint density at radius 2 is 0.918 bits per heavy atom. The van der Waals surface area contributed by atoms with Gasteiger partial charge in [0.05, 0.1) is 39.0 Å². The molecule has 0 heterocycles. The van der Waals surface area contributed by atoms with Crippen LogP contribution in [0.2, 0.25) is 0 Å². The third-order valence-electron chi connectivity index (χ3n) is 9.49. The Hall–Kier alpha value is -2.94. The van der Waals surface area contributed by atoms with Crippen LogP contribution in [-0.2, 0) is 57.2 Å². The van der Waals surface area contributed by atoms with Gasteiger partial charge in [0.1, 0.15) is 30.2 Å². The second-order valence-electron chi connectivity index (χ2n) is 18.0. The van der Waals surface area contributed by atoms with Crippen LogP contribution >= 0.6 is 0 Å². The van der Waals surface area contributed by atoms with Gasteiger partial charge in [0.2, 0.25) is 5.91 Å². The van der Waals surface area contributed by atoms with E-state index in [0.29, 0.717) is 32.3 Å². The molecule has 0 bridgehead atoms. The molecule has 0 spiro atoms. The molecule has 61 heavy (non-hydrogen) atoms. The number of carbonyl (C=O) groups excluding carboxylic acids is 5. The molecule has 1 atom stereocenters. The number of ketones is 2. The molecule has 0 fully saturated rings. The van der Waals surface area contributed by atoms with Crippen LogP contribution in [0.15, 0.2) is 0 Å². The highest BCUT2D eigenvalue weighted by Gasteiger charge is 2.27. The average Bonchev–Trinajstić information content (AvgIpc) is 3.16. The number of Topliss-reactive ketones (excluding diaryl/α,β-unsaturated/α-hetero) is 2. The number of carboxylic acids is 1. The Morgan fingerprint density at radius 1 is 0.475 bits per heavy atom. The van der Waals surface area contributed by atoms with Crippen molar-refractivity contribution in [1.82, 2.24) is 5.32 Å². The van der Waals surface area contributed by atoms with Crippen LogP contribution in [0.1, 0.15) is 189 Å². The second-order valence-corrected chi connectivity index (χ2v) is 18.0. The maximum absolute atomic E-state index is 12.9. The van der Waals surface area contributed by atoms with E-state index in [1.165, 1.54) is 70.6 Å². The van der Waals surface area contributed by atoms with E-state index in [1.807, 2.05) is 20.8 Å². The van der Waals surface area contributed by atoms with E-state index in [4.69, 9.17) is 33.5 Å². The van der Waals surface area contributed by atoms with Gasteiger partial charge in [-0.1, -0.05) is 89.9 Å². The van der Waals surface area contributed by atoms with Crippen molar-refractivity contribution < 1.29 is 62.3 Å². The molecule has 0 aromatic rings. The van der Waals surface area contributed by atoms with Crippen molar-refractivity contribution in [3.05, 3.63) is 0 Å². The topological polar surface area (TPSA) is 190 Å². The lowest BCUT2D eigenvalue weighted by atomic mass is 9.94. The SMILES string of the molecule is CC(C)(C)OC(=O)CCCCCCCCCCCCCCCCCCC(=O)C[C@@H](CCC(=O)NCCOCCOCC(=O)CCCOCCOCC(=O)O)C(=O)OC(C)(C)C. The van der Waals surface area contributed by atoms with Crippen molar-refractivity contribution in [3.8, 4) is 0 Å². The minimum absolute atomic E-state index is 0.0260. The molecule has 0 aliphatic carbocycles. The summed E-state index contributed by atoms with van der Waals surface area (Å²) < 4.78 is 31.9. The first kappa shape index (κ1) is 58.1. The summed E-state index contributed by atoms with van der Waals surface area (Å²) in [5.41, 5.74) is -1.09. The molecule has 0 aliphatic heterocycles. The van der Waals surface area contributed by atoms with Gasteiger partial charge in [-0.3, -0.25) is 24.0 Å². The largest absolute Gasteiger partial charge is 0.480 e. The molecule has 356 valence electrons. The predicted octanol–water partition coefficient (Wildman–Crippen LogP) is 8.66. The van der Waals surface area contributed by atoms with Crippen molar-refractivity contribution >= 4 is 35.4 Å². The van der Waals surface area contributed by atoms with Gasteiger partial charge in [0.25, 0.3) is 0 Å². The fraction of sp³-hybridized carbons (Fsp3) is 0.872. The van der Waals surface area contributed by atoms with Crippen LogP contribution in [-0.4, -0.2) is 111 Å². The third kappa shape index (κ3) is 43.5. The number of unbranched alkanes of at least 4 members (excludes halogenated alkanes) is 15. The lowest BCUT2D eigenvalue weighted by molar-refractivity contribution is -0.161. The number of ether oxygens (including phenoxy) is 6. The van der Waals surface area contributed by atoms with Gasteiger partial charge in [-0.05, 0) is 67.2 Å². The second kappa shape index (κ2) is 37.6. The highest BCUT2D eigenvalue weighted by molar-refractivity contribution is 5.85. The van der Waals surface area contributed by atoms with E-state index in [0.717, 1.165) is 32.1 Å². The van der Waals surface area contributed by atoms with E-state index in [9.17, 15) is 28.8 Å². The van der Waals surface area contributed by atoms with E-state index < -0.39 is 29.1 Å². The quantitative estimate of drug-likeness (QED) is 0.0438. The minimum atomic E-state index is -1.04. The summed E-state index contributed by atoms with van der Waals surface area (Å²) in [6.45, 7) is 12.5. The first-order valence-electron chi connectivity index (χ1n) is 23.3. The Balaban J connectivity index is 3.96. The number of nitrogens with one attached hydrogen (secondary N) is 1. The zero-order valence-corrected chi connectivity index (χ0v) is 39.1. The number of hydrogen-bond donors (Lipinski definition) is 2. The molecule has 0 unspecified atom stereocenters. The highest BCUT2D eigenvalue weighted by atomic mass is 16.6. The van der Waals surface area contributed by atoms with Crippen molar-refractivity contribution in [2.45, 2.75) is 200 Å². The molecule has 0 rings (SSSR count). The Bertz CT molecular complexity index is 1180. The lowest BCUT2D eigenvalue weighted by Crippen LogP contribution is -2.32. The van der Waals surface area contributed by atoms with Gasteiger partial charge in [-0.25, -0.2) is 4.79 Å². The highest BCUT2D eigenvalue weighted by Crippen LogP contribution is 2.21. The van der Waals surface area contributed by atoms with Crippen molar-refractivity contribution in [3.63, 3.8) is 0 Å². The number of carbonyl (C=O) groups is 6. The van der Waals surface area contributed by atoms with Gasteiger partial charge in [0.15, 0.2) is 5.78 Å². The van der Waals surface area contributed by atoms with Crippen LogP contribution in [0.3, 0.4) is 0 Å². The molecule has 0 aromatic carbocycles. The Labute approximate surface area is 368 Å². The predicted molar refractivity (Wildman–Crippen MR) is 235 cm³/mol. The minimum Gasteiger partial charge on any atom is -0.480 e. The number of rotatable bonds is 42. The Morgan fingerprint density at radius 3 is 1.43 bits per heavy atom. The van der Waals surface area contributed by atoms with Crippen molar-refractivity contribution in [2.24, 2.45) is 5.92 Å². The fourth-order valence-corrected chi connectivity index (χ4v) is 6.41. The summed E-state index contributed by atoms with van der Waals surface area (Å²) in [6, 6.07) is 0. The molecule has 0 aliphatic rings. The molecule has 14 heteroatoms. The number of esters is 2. The summed E-state index contributed by atoms with van der Waals surface area (Å²) in [6.07, 6.45) is 20.9. The maximum Gasteiger partial charge on any atom is 0.329 e. The van der Waals surface area contributed by atoms with Gasteiger partial charge in [-0.2, -0.15) is 0 Å². The van der Waals surface area contributed by atoms with Crippen LogP contribution in [0.4, 0.5) is 0 Å². The molecule has 0 aromatic heterocycles. The fourth-order valence-electron chi connectivity index (χ4n) is 6.41. The standard InChI is InChI=1S/C47H85NO13/c1-46(2,3)60-44(54)26-22-20-18-16-14-12-10-8-7-9-11-13-15-17-19-21-24-40(49)36-39(45(55)61-47(4,5)6)27-28-42(51)48-29-31-57-33-34-58-37-41(50)25-23-30-56-32-35-59-38-43(52)53/h39H,7-38H2,1-6H3,(H,48,51)(H,52,53)/t39-/m1/s1. The Kier molecular flexibility index (Phi) is 35.8. The van der Waals surface area contributed by atoms with Gasteiger partial charge >= 0.3 is 17.9 Å². The van der Waals surface area contributed by atoms with E-state index in [2.05, 4.69) is 5.32 Å². The summed E-state index contributed by atoms with van der Waals surface area (Å²) in [7, 11) is 0. The van der Waals surface area contributed by atoms with Crippen LogP contribution < -0.4 is 5.32 Å². The van der Waals surface area contributed by atoms with Crippen LogP contribution in [0.5, 0.6) is 0 Å². The van der Waals surface area contributed by atoms with Crippen molar-refractivity contribution in [1.29, 1.82) is 0 Å². The zero-order valence-electron chi connectivity index (χ0n) is 39.1. The van der Waals surface area contributed by atoms with Gasteiger partial charge in [-0.15, -0.1) is 0 Å². The molecule has 1 amide bonds. The average molecular weight is 872 g/mol. The molecular formula is C47H85NO13. The normalized spacial score (nSPS) is 12.2. The molecule has 0 saturated heterocycles. The molecule has 2 N–H and O–H groups in total. The van der Waals surface area contributed by atoms with Gasteiger partial charge < -0.3 is 38.8 Å². The van der Waals surface area contributed by atoms with E-state index in [1.54, 1.807) is 20.8 Å². The smallest absolute Gasteiger partial charge is 0.329 e. The third-order valence-corrected chi connectivity index (χ3v) is 9.49. The summed E-state index contributed by atoms with van der Waals surface area (Å²) in [5.74, 6) is -2.52. The summed E-state index contributed by atoms with van der Waals surface area (Å²) in [5, 5.41) is 11.3. The number of carboxylic acid groups (broad SMARTS) is 1. The molecule has 14 nitrogen and oxygen atoms in total. The molecular weight excluding hydrogens is 787 g/mol. The maximum atomic E-state index is 12.9. The monoisotopic (exact) mass is 872 g/mol. The summed E-state index contributed by atoms with van der Waals surface area (Å²) in [4.78, 5) is 72.4. The first-order chi connectivity index (χ1) is 29.0. The van der Waals surface area contributed by atoms with Gasteiger partial charge in [0, 0.05) is 45.3 Å². The first-order valence-corrected chi connectivity index (χ1v) is 23.3. The summed E-state index contributed by atoms with van der Waals surface area (Å²) >= 11 is 0. The van der Waals surface area contributed by atoms with Crippen LogP contribution in [0, 0.1) is 5.92 Å².